The maximum absolute atomic E-state index is 13.3. The first kappa shape index (κ1) is 22.8. The highest BCUT2D eigenvalue weighted by Gasteiger charge is 2.40. The van der Waals surface area contributed by atoms with Crippen molar-refractivity contribution in [1.29, 1.82) is 0 Å². The predicted molar refractivity (Wildman–Crippen MR) is 115 cm³/mol. The highest BCUT2D eigenvalue weighted by Crippen LogP contribution is 2.40. The molecule has 0 bridgehead atoms. The van der Waals surface area contributed by atoms with Gasteiger partial charge in [-0.05, 0) is 22.0 Å². The van der Waals surface area contributed by atoms with E-state index in [2.05, 4.69) is 21.2 Å². The summed E-state index contributed by atoms with van der Waals surface area (Å²) in [6.07, 6.45) is 0.788. The Morgan fingerprint density at radius 3 is 2.00 bits per heavy atom. The zero-order chi connectivity index (χ0) is 24.3. The van der Waals surface area contributed by atoms with Crippen molar-refractivity contribution in [2.45, 2.75) is 24.5 Å². The number of halogens is 1. The van der Waals surface area contributed by atoms with E-state index in [1.165, 1.54) is 32.0 Å². The summed E-state index contributed by atoms with van der Waals surface area (Å²) in [6.45, 7) is 2.69. The fourth-order valence-electron chi connectivity index (χ4n) is 3.49. The Bertz CT molecular complexity index is 1400. The van der Waals surface area contributed by atoms with Gasteiger partial charge in [0.25, 0.3) is 15.9 Å². The molecule has 0 atom stereocenters. The summed E-state index contributed by atoms with van der Waals surface area (Å²) < 4.78 is 43.8. The van der Waals surface area contributed by atoms with Gasteiger partial charge in [-0.25, -0.2) is 9.59 Å². The van der Waals surface area contributed by atoms with E-state index in [1.54, 1.807) is 6.07 Å². The number of rotatable bonds is 3. The van der Waals surface area contributed by atoms with Gasteiger partial charge < -0.3 is 14.8 Å². The number of hydrogen-bond donors (Lipinski definition) is 2. The van der Waals surface area contributed by atoms with Crippen molar-refractivity contribution in [3.05, 3.63) is 68.8 Å². The molecule has 2 aromatic carbocycles. The second-order valence-corrected chi connectivity index (χ2v) is 9.79. The minimum atomic E-state index is -4.92. The number of nitrogens with one attached hydrogen (secondary N) is 1. The van der Waals surface area contributed by atoms with Crippen molar-refractivity contribution in [3.63, 3.8) is 0 Å². The first-order valence-corrected chi connectivity index (χ1v) is 11.5. The summed E-state index contributed by atoms with van der Waals surface area (Å²) in [5.41, 5.74) is -1.51. The van der Waals surface area contributed by atoms with Crippen LogP contribution in [0.2, 0.25) is 0 Å². The van der Waals surface area contributed by atoms with Gasteiger partial charge in [0, 0.05) is 35.6 Å². The summed E-state index contributed by atoms with van der Waals surface area (Å²) in [7, 11) is -4.92. The average molecular weight is 536 g/mol. The molecule has 0 spiro atoms. The van der Waals surface area contributed by atoms with Gasteiger partial charge in [0.1, 0.15) is 4.90 Å². The zero-order valence-corrected chi connectivity index (χ0v) is 19.4. The van der Waals surface area contributed by atoms with Crippen molar-refractivity contribution in [1.82, 2.24) is 0 Å². The molecular formula is C21H14BrNO9S. The minimum Gasteiger partial charge on any atom is -0.419 e. The number of fused-ring (bicyclic) bond motifs is 2. The third-order valence-corrected chi connectivity index (χ3v) is 6.37. The Balaban J connectivity index is 1.93. The number of ketones is 2. The van der Waals surface area contributed by atoms with Gasteiger partial charge in [-0.1, -0.05) is 24.3 Å². The van der Waals surface area contributed by atoms with E-state index in [4.69, 9.17) is 9.47 Å². The minimum absolute atomic E-state index is 0.0170. The largest absolute Gasteiger partial charge is 0.419 e. The maximum Gasteiger partial charge on any atom is 0.350 e. The predicted octanol–water partition coefficient (Wildman–Crippen LogP) is 2.60. The van der Waals surface area contributed by atoms with E-state index in [9.17, 15) is 32.1 Å². The van der Waals surface area contributed by atoms with Gasteiger partial charge in [-0.2, -0.15) is 8.42 Å². The maximum atomic E-state index is 13.3. The molecular weight excluding hydrogens is 522 g/mol. The van der Waals surface area contributed by atoms with Crippen LogP contribution in [0.25, 0.3) is 0 Å². The highest BCUT2D eigenvalue weighted by atomic mass is 79.9. The fraction of sp³-hybridized carbons (Fsp3) is 0.143. The smallest absolute Gasteiger partial charge is 0.350 e. The SMILES string of the molecule is CC1(C)OC(=O)C(=CNc2c(S(=O)(=O)O)cc(Br)c3c2C(=O)c2ccccc2C3=O)C(=O)O1. The molecule has 2 aromatic rings. The lowest BCUT2D eigenvalue weighted by Crippen LogP contribution is -2.42. The average Bonchev–Trinajstić information content (AvgIpc) is 2.70. The molecule has 1 aliphatic heterocycles. The van der Waals surface area contributed by atoms with Crippen LogP contribution in [-0.2, 0) is 29.2 Å². The van der Waals surface area contributed by atoms with Crippen molar-refractivity contribution >= 4 is 55.2 Å². The second-order valence-electron chi connectivity index (χ2n) is 7.54. The normalized spacial score (nSPS) is 17.0. The standard InChI is InChI=1S/C21H14BrNO9S/c1-21(2)31-19(26)11(20(27)32-21)8-23-16-13(33(28,29)30)7-12(22)14-15(16)18(25)10-6-4-3-5-9(10)17(14)24/h3-8,23H,1-2H3,(H,28,29,30). The van der Waals surface area contributed by atoms with Gasteiger partial charge in [0.2, 0.25) is 0 Å². The lowest BCUT2D eigenvalue weighted by atomic mass is 9.83. The third-order valence-electron chi connectivity index (χ3n) is 4.87. The molecule has 10 nitrogen and oxygen atoms in total. The van der Waals surface area contributed by atoms with Crippen molar-refractivity contribution in [3.8, 4) is 0 Å². The molecule has 2 aliphatic rings. The Hall–Kier alpha value is -3.35. The lowest BCUT2D eigenvalue weighted by Gasteiger charge is -2.29. The molecule has 12 heteroatoms. The number of benzene rings is 2. The summed E-state index contributed by atoms with van der Waals surface area (Å²) in [4.78, 5) is 50.0. The molecule has 33 heavy (non-hydrogen) atoms. The van der Waals surface area contributed by atoms with E-state index in [0.717, 1.165) is 12.3 Å². The summed E-state index contributed by atoms with van der Waals surface area (Å²) >= 11 is 3.10. The summed E-state index contributed by atoms with van der Waals surface area (Å²) in [5, 5.41) is 2.42. The van der Waals surface area contributed by atoms with Gasteiger partial charge in [0.05, 0.1) is 16.8 Å². The molecule has 2 N–H and O–H groups in total. The number of cyclic esters (lactones) is 2. The topological polar surface area (TPSA) is 153 Å². The molecule has 1 saturated heterocycles. The zero-order valence-electron chi connectivity index (χ0n) is 17.0. The third kappa shape index (κ3) is 3.86. The lowest BCUT2D eigenvalue weighted by molar-refractivity contribution is -0.222. The number of hydrogen-bond acceptors (Lipinski definition) is 9. The molecule has 170 valence electrons. The number of anilines is 1. The van der Waals surface area contributed by atoms with E-state index in [-0.39, 0.29) is 26.7 Å². The number of carbonyl (C=O) groups is 4. The first-order chi connectivity index (χ1) is 15.3. The van der Waals surface area contributed by atoms with E-state index in [1.807, 2.05) is 0 Å². The van der Waals surface area contributed by atoms with Crippen LogP contribution in [0.5, 0.6) is 0 Å². The van der Waals surface area contributed by atoms with Crippen LogP contribution in [0.3, 0.4) is 0 Å². The molecule has 1 fully saturated rings. The molecule has 4 rings (SSSR count). The van der Waals surface area contributed by atoms with Crippen LogP contribution in [-0.4, -0.2) is 42.3 Å². The van der Waals surface area contributed by atoms with Gasteiger partial charge in [-0.15, -0.1) is 0 Å². The highest BCUT2D eigenvalue weighted by molar-refractivity contribution is 9.10. The van der Waals surface area contributed by atoms with Crippen LogP contribution >= 0.6 is 15.9 Å². The monoisotopic (exact) mass is 535 g/mol. The molecule has 0 amide bonds. The van der Waals surface area contributed by atoms with Crippen molar-refractivity contribution in [2.75, 3.05) is 5.32 Å². The molecule has 1 heterocycles. The van der Waals surface area contributed by atoms with Crippen LogP contribution < -0.4 is 5.32 Å². The molecule has 1 aliphatic carbocycles. The number of ether oxygens (including phenoxy) is 2. The molecule has 0 unspecified atom stereocenters. The molecule has 0 radical (unpaired) electrons. The quantitative estimate of drug-likeness (QED) is 0.221. The second kappa shape index (κ2) is 7.61. The fourth-order valence-corrected chi connectivity index (χ4v) is 4.94. The first-order valence-electron chi connectivity index (χ1n) is 9.27. The number of carbonyl (C=O) groups excluding carboxylic acids is 4. The summed E-state index contributed by atoms with van der Waals surface area (Å²) in [6, 6.07) is 6.89. The molecule has 0 saturated carbocycles. The van der Waals surface area contributed by atoms with Gasteiger partial charge in [-0.3, -0.25) is 14.1 Å². The van der Waals surface area contributed by atoms with Crippen LogP contribution in [0.4, 0.5) is 5.69 Å². The van der Waals surface area contributed by atoms with Gasteiger partial charge in [0.15, 0.2) is 17.1 Å². The van der Waals surface area contributed by atoms with Gasteiger partial charge >= 0.3 is 11.9 Å². The Morgan fingerprint density at radius 2 is 1.48 bits per heavy atom. The number of esters is 2. The summed E-state index contributed by atoms with van der Waals surface area (Å²) in [5.74, 6) is -4.90. The van der Waals surface area contributed by atoms with Crippen molar-refractivity contribution < 1.29 is 41.6 Å². The van der Waals surface area contributed by atoms with E-state index in [0.29, 0.717) is 0 Å². The van der Waals surface area contributed by atoms with E-state index >= 15 is 0 Å². The Labute approximate surface area is 195 Å². The van der Waals surface area contributed by atoms with Crippen LogP contribution in [0, 0.1) is 0 Å². The van der Waals surface area contributed by atoms with E-state index < -0.39 is 55.6 Å². The Morgan fingerprint density at radius 1 is 0.970 bits per heavy atom. The Kier molecular flexibility index (Phi) is 5.26. The van der Waals surface area contributed by atoms with Crippen molar-refractivity contribution in [2.24, 2.45) is 0 Å². The van der Waals surface area contributed by atoms with Crippen LogP contribution in [0.1, 0.15) is 45.7 Å². The molecule has 0 aromatic heterocycles. The van der Waals surface area contributed by atoms with Crippen LogP contribution in [0.15, 0.2) is 51.5 Å².